The molecule has 0 aliphatic heterocycles. The van der Waals surface area contributed by atoms with E-state index in [2.05, 4.69) is 27.2 Å². The molecule has 0 heteroatoms. The van der Waals surface area contributed by atoms with Crippen molar-refractivity contribution in [1.82, 2.24) is 0 Å². The first-order chi connectivity index (χ1) is 6.85. The molecule has 14 heavy (non-hydrogen) atoms. The maximum Gasteiger partial charge on any atom is -0.0355 e. The predicted octanol–water partition coefficient (Wildman–Crippen LogP) is 5.38. The molecule has 85 valence electrons. The fourth-order valence-electron chi connectivity index (χ4n) is 1.88. The largest absolute Gasteiger partial charge is 0.0654 e. The van der Waals surface area contributed by atoms with Crippen LogP contribution in [0.2, 0.25) is 0 Å². The van der Waals surface area contributed by atoms with Gasteiger partial charge < -0.3 is 0 Å². The molecule has 0 rings (SSSR count). The Labute approximate surface area is 91.5 Å². The summed E-state index contributed by atoms with van der Waals surface area (Å²) in [4.78, 5) is 0. The third-order valence-corrected chi connectivity index (χ3v) is 3.01. The van der Waals surface area contributed by atoms with Gasteiger partial charge in [-0.3, -0.25) is 0 Å². The molecule has 0 nitrogen and oxygen atoms in total. The van der Waals surface area contributed by atoms with Gasteiger partial charge in [-0.25, -0.2) is 0 Å². The fourth-order valence-corrected chi connectivity index (χ4v) is 1.88. The zero-order chi connectivity index (χ0) is 10.6. The molecule has 1 unspecified atom stereocenters. The minimum absolute atomic E-state index is 0.900. The molecule has 0 saturated carbocycles. The maximum absolute atomic E-state index is 2.57. The van der Waals surface area contributed by atoms with Crippen LogP contribution in [0.1, 0.15) is 78.6 Å². The molecule has 0 fully saturated rings. The molecular weight excluding hydrogens is 168 g/mol. The summed E-state index contributed by atoms with van der Waals surface area (Å²) in [6.07, 6.45) is 15.0. The second-order valence-electron chi connectivity index (χ2n) is 4.40. The van der Waals surface area contributed by atoms with Gasteiger partial charge in [0.15, 0.2) is 0 Å². The van der Waals surface area contributed by atoms with Crippen LogP contribution in [0.5, 0.6) is 0 Å². The molecule has 1 radical (unpaired) electrons. The van der Waals surface area contributed by atoms with Gasteiger partial charge in [-0.1, -0.05) is 72.1 Å². The van der Waals surface area contributed by atoms with Crippen LogP contribution in [-0.2, 0) is 0 Å². The van der Waals surface area contributed by atoms with Crippen LogP contribution in [0.25, 0.3) is 0 Å². The number of unbranched alkanes of at least 4 members (excludes halogenated alkanes) is 5. The van der Waals surface area contributed by atoms with E-state index in [1.165, 1.54) is 57.8 Å². The van der Waals surface area contributed by atoms with E-state index in [-0.39, 0.29) is 0 Å². The molecule has 0 aromatic carbocycles. The summed E-state index contributed by atoms with van der Waals surface area (Å²) in [5.41, 5.74) is 0. The topological polar surface area (TPSA) is 0 Å². The Kier molecular flexibility index (Phi) is 11.1. The highest BCUT2D eigenvalue weighted by Gasteiger charge is 2.04. The number of hydrogen-bond acceptors (Lipinski definition) is 0. The Morgan fingerprint density at radius 3 is 2.14 bits per heavy atom. The van der Waals surface area contributed by atoms with Gasteiger partial charge in [0.1, 0.15) is 0 Å². The van der Waals surface area contributed by atoms with E-state index in [0.717, 1.165) is 5.92 Å². The monoisotopic (exact) mass is 197 g/mol. The zero-order valence-electron chi connectivity index (χ0n) is 10.5. The summed E-state index contributed by atoms with van der Waals surface area (Å²) in [6.45, 7) is 6.89. The van der Waals surface area contributed by atoms with Crippen molar-refractivity contribution in [2.75, 3.05) is 0 Å². The normalized spacial score (nSPS) is 13.1. The lowest BCUT2D eigenvalue weighted by Gasteiger charge is -2.13. The zero-order valence-corrected chi connectivity index (χ0v) is 10.5. The van der Waals surface area contributed by atoms with Crippen molar-refractivity contribution in [2.45, 2.75) is 78.6 Å². The summed E-state index contributed by atoms with van der Waals surface area (Å²) >= 11 is 0. The minimum atomic E-state index is 0.900. The average molecular weight is 197 g/mol. The van der Waals surface area contributed by atoms with Crippen LogP contribution in [0.3, 0.4) is 0 Å². The number of rotatable bonds is 10. The van der Waals surface area contributed by atoms with E-state index in [0.29, 0.717) is 0 Å². The lowest BCUT2D eigenvalue weighted by Crippen LogP contribution is -1.99. The molecular formula is C14H29. The van der Waals surface area contributed by atoms with Gasteiger partial charge in [-0.2, -0.15) is 0 Å². The molecule has 1 atom stereocenters. The Bertz CT molecular complexity index is 96.2. The average Bonchev–Trinajstić information content (AvgIpc) is 2.22. The van der Waals surface area contributed by atoms with Gasteiger partial charge in [0, 0.05) is 0 Å². The fraction of sp³-hybridized carbons (Fsp3) is 0.929. The Morgan fingerprint density at radius 1 is 0.857 bits per heavy atom. The smallest absolute Gasteiger partial charge is 0.0355 e. The maximum atomic E-state index is 2.57. The molecule has 0 aliphatic rings. The van der Waals surface area contributed by atoms with Crippen molar-refractivity contribution in [2.24, 2.45) is 5.92 Å². The Balaban J connectivity index is 3.24. The summed E-state index contributed by atoms with van der Waals surface area (Å²) < 4.78 is 0. The summed E-state index contributed by atoms with van der Waals surface area (Å²) in [6, 6.07) is 0. The van der Waals surface area contributed by atoms with E-state index in [1.807, 2.05) is 0 Å². The highest BCUT2D eigenvalue weighted by atomic mass is 14.1. The molecule has 0 aliphatic carbocycles. The summed E-state index contributed by atoms with van der Waals surface area (Å²) in [7, 11) is 0. The van der Waals surface area contributed by atoms with Gasteiger partial charge in [0.05, 0.1) is 0 Å². The predicted molar refractivity (Wildman–Crippen MR) is 66.4 cm³/mol. The summed E-state index contributed by atoms with van der Waals surface area (Å²) in [5, 5.41) is 0. The van der Waals surface area contributed by atoms with Crippen LogP contribution in [0.15, 0.2) is 0 Å². The summed E-state index contributed by atoms with van der Waals surface area (Å²) in [5.74, 6) is 0.900. The van der Waals surface area contributed by atoms with Crippen LogP contribution in [-0.4, -0.2) is 0 Å². The molecule has 0 N–H and O–H groups in total. The molecule has 0 amide bonds. The van der Waals surface area contributed by atoms with Crippen LogP contribution < -0.4 is 0 Å². The quantitative estimate of drug-likeness (QED) is 0.413. The van der Waals surface area contributed by atoms with E-state index < -0.39 is 0 Å². The lowest BCUT2D eigenvalue weighted by atomic mass is 9.93. The molecule has 0 saturated heterocycles. The number of hydrogen-bond donors (Lipinski definition) is 0. The lowest BCUT2D eigenvalue weighted by molar-refractivity contribution is 0.484. The first-order valence-corrected chi connectivity index (χ1v) is 6.68. The molecule has 0 aromatic rings. The van der Waals surface area contributed by atoms with Crippen molar-refractivity contribution < 1.29 is 0 Å². The van der Waals surface area contributed by atoms with Crippen LogP contribution in [0, 0.1) is 12.3 Å². The van der Waals surface area contributed by atoms with Gasteiger partial charge >= 0.3 is 0 Å². The van der Waals surface area contributed by atoms with Gasteiger partial charge in [-0.05, 0) is 18.8 Å². The van der Waals surface area contributed by atoms with Gasteiger partial charge in [0.2, 0.25) is 0 Å². The van der Waals surface area contributed by atoms with Crippen molar-refractivity contribution in [3.63, 3.8) is 0 Å². The Morgan fingerprint density at radius 2 is 1.57 bits per heavy atom. The third kappa shape index (κ3) is 8.59. The van der Waals surface area contributed by atoms with Gasteiger partial charge in [0.25, 0.3) is 0 Å². The molecule has 0 bridgehead atoms. The van der Waals surface area contributed by atoms with Crippen molar-refractivity contribution >= 4 is 0 Å². The highest BCUT2D eigenvalue weighted by Crippen LogP contribution is 2.19. The van der Waals surface area contributed by atoms with E-state index in [4.69, 9.17) is 0 Å². The first kappa shape index (κ1) is 14.0. The van der Waals surface area contributed by atoms with Crippen LogP contribution in [0.4, 0.5) is 0 Å². The Hall–Kier alpha value is 0. The van der Waals surface area contributed by atoms with Crippen molar-refractivity contribution in [3.8, 4) is 0 Å². The highest BCUT2D eigenvalue weighted by molar-refractivity contribution is 4.74. The molecule has 0 spiro atoms. The second-order valence-corrected chi connectivity index (χ2v) is 4.40. The van der Waals surface area contributed by atoms with Gasteiger partial charge in [-0.15, -0.1) is 0 Å². The SMILES string of the molecule is CCCCCC[CH]C(CC)CCCC. The van der Waals surface area contributed by atoms with Crippen LogP contribution >= 0.6 is 0 Å². The van der Waals surface area contributed by atoms with Crippen molar-refractivity contribution in [1.29, 1.82) is 0 Å². The first-order valence-electron chi connectivity index (χ1n) is 6.68. The molecule has 0 aromatic heterocycles. The van der Waals surface area contributed by atoms with Crippen molar-refractivity contribution in [3.05, 3.63) is 6.42 Å². The van der Waals surface area contributed by atoms with E-state index in [1.54, 1.807) is 0 Å². The van der Waals surface area contributed by atoms with E-state index in [9.17, 15) is 0 Å². The third-order valence-electron chi connectivity index (χ3n) is 3.01. The van der Waals surface area contributed by atoms with E-state index >= 15 is 0 Å². The standard InChI is InChI=1S/C14H29/c1-4-7-9-10-11-13-14(6-3)12-8-5-2/h13-14H,4-12H2,1-3H3. The molecule has 0 heterocycles. The second kappa shape index (κ2) is 11.1. The minimum Gasteiger partial charge on any atom is -0.0654 e.